The van der Waals surface area contributed by atoms with Gasteiger partial charge in [-0.3, -0.25) is 14.5 Å². The van der Waals surface area contributed by atoms with E-state index in [4.69, 9.17) is 0 Å². The summed E-state index contributed by atoms with van der Waals surface area (Å²) in [6.07, 6.45) is 8.11. The van der Waals surface area contributed by atoms with Crippen LogP contribution in [0.2, 0.25) is 0 Å². The van der Waals surface area contributed by atoms with E-state index in [1.165, 1.54) is 50.0 Å². The van der Waals surface area contributed by atoms with Crippen LogP contribution in [0.15, 0.2) is 42.7 Å². The lowest BCUT2D eigenvalue weighted by atomic mass is 9.81. The van der Waals surface area contributed by atoms with Crippen molar-refractivity contribution < 1.29 is 0 Å². The molecule has 134 valence electrons. The first-order valence-electron chi connectivity index (χ1n) is 9.68. The van der Waals surface area contributed by atoms with Crippen LogP contribution < -0.4 is 0 Å². The van der Waals surface area contributed by atoms with E-state index in [0.717, 1.165) is 13.1 Å². The minimum absolute atomic E-state index is 0.407. The number of likely N-dealkylation sites (tertiary alicyclic amines) is 2. The van der Waals surface area contributed by atoms with Crippen molar-refractivity contribution in [3.8, 4) is 0 Å². The predicted octanol–water partition coefficient (Wildman–Crippen LogP) is 3.36. The summed E-state index contributed by atoms with van der Waals surface area (Å²) in [6.45, 7) is 7.73. The van der Waals surface area contributed by atoms with Gasteiger partial charge in [0.15, 0.2) is 0 Å². The van der Waals surface area contributed by atoms with Crippen molar-refractivity contribution >= 4 is 0 Å². The number of aryl methyl sites for hydroxylation is 1. The van der Waals surface area contributed by atoms with Crippen LogP contribution in [0.5, 0.6) is 0 Å². The summed E-state index contributed by atoms with van der Waals surface area (Å²) in [5.74, 6) is 0.695. The third-order valence-electron chi connectivity index (χ3n) is 6.41. The van der Waals surface area contributed by atoms with E-state index in [1.807, 2.05) is 10.9 Å². The summed E-state index contributed by atoms with van der Waals surface area (Å²) in [4.78, 5) is 5.25. The highest BCUT2D eigenvalue weighted by atomic mass is 15.3. The molecule has 25 heavy (non-hydrogen) atoms. The van der Waals surface area contributed by atoms with Gasteiger partial charge in [-0.2, -0.15) is 5.10 Å². The number of rotatable bonds is 4. The largest absolute Gasteiger partial charge is 0.300 e. The van der Waals surface area contributed by atoms with Gasteiger partial charge in [0.05, 0.1) is 6.20 Å². The van der Waals surface area contributed by atoms with Gasteiger partial charge < -0.3 is 0 Å². The number of likely N-dealkylation sites (N-methyl/N-ethyl adjacent to an activating group) is 1. The minimum Gasteiger partial charge on any atom is -0.300 e. The van der Waals surface area contributed by atoms with Gasteiger partial charge >= 0.3 is 0 Å². The summed E-state index contributed by atoms with van der Waals surface area (Å²) in [5.41, 5.74) is 3.27. The quantitative estimate of drug-likeness (QED) is 0.854. The molecule has 2 fully saturated rings. The Morgan fingerprint density at radius 1 is 1.16 bits per heavy atom. The van der Waals surface area contributed by atoms with Crippen molar-refractivity contribution in [3.63, 3.8) is 0 Å². The molecule has 1 spiro atoms. The third kappa shape index (κ3) is 3.38. The van der Waals surface area contributed by atoms with Gasteiger partial charge in [0.2, 0.25) is 0 Å². The zero-order valence-corrected chi connectivity index (χ0v) is 15.6. The fraction of sp³-hybridized carbons (Fsp3) is 0.571. The predicted molar refractivity (Wildman–Crippen MR) is 102 cm³/mol. The first-order valence-corrected chi connectivity index (χ1v) is 9.68. The average Bonchev–Trinajstić information content (AvgIpc) is 3.23. The highest BCUT2D eigenvalue weighted by Crippen LogP contribution is 2.44. The van der Waals surface area contributed by atoms with Crippen LogP contribution in [-0.4, -0.2) is 51.8 Å². The first kappa shape index (κ1) is 16.8. The molecule has 4 heteroatoms. The van der Waals surface area contributed by atoms with Crippen LogP contribution in [0.1, 0.15) is 43.2 Å². The molecule has 3 heterocycles. The highest BCUT2D eigenvalue weighted by molar-refractivity contribution is 5.23. The minimum atomic E-state index is 0.407. The molecule has 4 nitrogen and oxygen atoms in total. The molecule has 2 aromatic rings. The summed E-state index contributed by atoms with van der Waals surface area (Å²) in [7, 11) is 2.34. The van der Waals surface area contributed by atoms with E-state index in [0.29, 0.717) is 11.5 Å². The van der Waals surface area contributed by atoms with E-state index in [2.05, 4.69) is 65.4 Å². The Morgan fingerprint density at radius 2 is 1.92 bits per heavy atom. The Morgan fingerprint density at radius 3 is 2.60 bits per heavy atom. The zero-order valence-electron chi connectivity index (χ0n) is 15.6. The number of hydrogen-bond donors (Lipinski definition) is 0. The smallest absolute Gasteiger partial charge is 0.0534 e. The van der Waals surface area contributed by atoms with Crippen LogP contribution in [0.25, 0.3) is 0 Å². The van der Waals surface area contributed by atoms with Crippen molar-refractivity contribution in [2.24, 2.45) is 0 Å². The molecule has 1 aromatic carbocycles. The Balaban J connectivity index is 1.37. The van der Waals surface area contributed by atoms with E-state index in [9.17, 15) is 0 Å². The Kier molecular flexibility index (Phi) is 4.65. The van der Waals surface area contributed by atoms with E-state index >= 15 is 0 Å². The molecule has 0 N–H and O–H groups in total. The lowest BCUT2D eigenvalue weighted by Gasteiger charge is -2.43. The third-order valence-corrected chi connectivity index (χ3v) is 6.41. The second-order valence-corrected chi connectivity index (χ2v) is 7.90. The van der Waals surface area contributed by atoms with Crippen LogP contribution in [-0.2, 0) is 13.1 Å². The molecule has 0 bridgehead atoms. The van der Waals surface area contributed by atoms with Gasteiger partial charge in [-0.15, -0.1) is 0 Å². The fourth-order valence-electron chi connectivity index (χ4n) is 4.78. The molecule has 0 saturated carbocycles. The normalized spacial score (nSPS) is 24.2. The lowest BCUT2D eigenvalue weighted by molar-refractivity contribution is 0.0672. The molecule has 2 aliphatic heterocycles. The number of piperidine rings is 1. The summed E-state index contributed by atoms with van der Waals surface area (Å²) in [6, 6.07) is 11.1. The Hall–Kier alpha value is -1.65. The SMILES string of the molecule is CCn1cc(CN2CCC3(CC2)C[C@H](c2ccccc2)CN3C)cn1. The van der Waals surface area contributed by atoms with E-state index in [-0.39, 0.29) is 0 Å². The summed E-state index contributed by atoms with van der Waals surface area (Å²) < 4.78 is 2.02. The summed E-state index contributed by atoms with van der Waals surface area (Å²) in [5, 5.41) is 4.41. The number of benzene rings is 1. The van der Waals surface area contributed by atoms with Crippen LogP contribution in [0, 0.1) is 0 Å². The maximum absolute atomic E-state index is 4.41. The maximum atomic E-state index is 4.41. The van der Waals surface area contributed by atoms with Crippen LogP contribution in [0.3, 0.4) is 0 Å². The van der Waals surface area contributed by atoms with Gasteiger partial charge in [0.25, 0.3) is 0 Å². The second-order valence-electron chi connectivity index (χ2n) is 7.90. The molecular formula is C21H30N4. The van der Waals surface area contributed by atoms with Crippen molar-refractivity contribution in [1.82, 2.24) is 19.6 Å². The highest BCUT2D eigenvalue weighted by Gasteiger charge is 2.45. The summed E-state index contributed by atoms with van der Waals surface area (Å²) >= 11 is 0. The van der Waals surface area contributed by atoms with Crippen LogP contribution in [0.4, 0.5) is 0 Å². The lowest BCUT2D eigenvalue weighted by Crippen LogP contribution is -2.50. The zero-order chi connectivity index (χ0) is 17.3. The Labute approximate surface area is 151 Å². The second kappa shape index (κ2) is 6.93. The van der Waals surface area contributed by atoms with E-state index in [1.54, 1.807) is 0 Å². The standard InChI is InChI=1S/C21H30N4/c1-3-25-16-18(14-22-25)15-24-11-9-21(10-12-24)13-20(17-23(21)2)19-7-5-4-6-8-19/h4-8,14,16,20H,3,9-13,15,17H2,1-2H3/t20-/m0/s1. The number of hydrogen-bond acceptors (Lipinski definition) is 3. The molecule has 2 aliphatic rings. The molecule has 0 radical (unpaired) electrons. The maximum Gasteiger partial charge on any atom is 0.0534 e. The number of aromatic nitrogens is 2. The number of nitrogens with zero attached hydrogens (tertiary/aromatic N) is 4. The van der Waals surface area contributed by atoms with Crippen molar-refractivity contribution in [1.29, 1.82) is 0 Å². The van der Waals surface area contributed by atoms with Gasteiger partial charge in [0.1, 0.15) is 0 Å². The fourth-order valence-corrected chi connectivity index (χ4v) is 4.78. The molecule has 2 saturated heterocycles. The average molecular weight is 338 g/mol. The molecule has 0 aliphatic carbocycles. The van der Waals surface area contributed by atoms with Gasteiger partial charge in [-0.25, -0.2) is 0 Å². The van der Waals surface area contributed by atoms with Crippen LogP contribution >= 0.6 is 0 Å². The molecule has 1 atom stereocenters. The van der Waals surface area contributed by atoms with Crippen molar-refractivity contribution in [2.75, 3.05) is 26.7 Å². The topological polar surface area (TPSA) is 24.3 Å². The molecule has 1 aromatic heterocycles. The van der Waals surface area contributed by atoms with E-state index < -0.39 is 0 Å². The van der Waals surface area contributed by atoms with Gasteiger partial charge in [-0.05, 0) is 44.7 Å². The first-order chi connectivity index (χ1) is 12.2. The van der Waals surface area contributed by atoms with Crippen molar-refractivity contribution in [2.45, 2.75) is 50.7 Å². The molecular weight excluding hydrogens is 308 g/mol. The van der Waals surface area contributed by atoms with Gasteiger partial charge in [-0.1, -0.05) is 30.3 Å². The monoisotopic (exact) mass is 338 g/mol. The van der Waals surface area contributed by atoms with Gasteiger partial charge in [0, 0.05) is 50.0 Å². The Bertz CT molecular complexity index is 685. The molecule has 0 amide bonds. The molecule has 0 unspecified atom stereocenters. The molecule has 4 rings (SSSR count). The van der Waals surface area contributed by atoms with Crippen molar-refractivity contribution in [3.05, 3.63) is 53.9 Å².